The van der Waals surface area contributed by atoms with Crippen molar-refractivity contribution in [3.8, 4) is 0 Å². The van der Waals surface area contributed by atoms with Crippen molar-refractivity contribution in [2.75, 3.05) is 19.8 Å². The summed E-state index contributed by atoms with van der Waals surface area (Å²) in [7, 11) is 0. The Bertz CT molecular complexity index is 879. The molecule has 1 aliphatic heterocycles. The molecular formula is C25H38N4O6. The second kappa shape index (κ2) is 11.1. The highest BCUT2D eigenvalue weighted by molar-refractivity contribution is 6.21. The van der Waals surface area contributed by atoms with Gasteiger partial charge in [-0.25, -0.2) is 9.59 Å². The lowest BCUT2D eigenvalue weighted by Crippen LogP contribution is -2.47. The molecule has 0 bridgehead atoms. The standard InChI is InChI=1S/C25H38N4O6/c1-23(2,3)27-21(32)34-15-12-25(26,13-16-35-22(33)28-24(4,5)6)11-14-29-19(30)17-9-7-8-10-18(17)20(29)31/h7-10H,11-16,26H2,1-6H3,(H,27,32)(H,28,33). The fraction of sp³-hybridized carbons (Fsp3) is 0.600. The zero-order valence-corrected chi connectivity index (χ0v) is 21.5. The Morgan fingerprint density at radius 3 is 1.57 bits per heavy atom. The average Bonchev–Trinajstić information content (AvgIpc) is 2.94. The largest absolute Gasteiger partial charge is 0.449 e. The molecule has 1 aromatic carbocycles. The van der Waals surface area contributed by atoms with Gasteiger partial charge in [0.2, 0.25) is 0 Å². The molecule has 4 amide bonds. The number of ether oxygens (including phenoxy) is 2. The van der Waals surface area contributed by atoms with Gasteiger partial charge >= 0.3 is 12.2 Å². The Morgan fingerprint density at radius 1 is 0.800 bits per heavy atom. The van der Waals surface area contributed by atoms with Crippen LogP contribution in [-0.4, -0.2) is 65.3 Å². The summed E-state index contributed by atoms with van der Waals surface area (Å²) < 4.78 is 10.5. The molecule has 0 saturated heterocycles. The molecule has 10 nitrogen and oxygen atoms in total. The van der Waals surface area contributed by atoms with Gasteiger partial charge in [0, 0.05) is 23.2 Å². The normalized spacial score (nSPS) is 14.0. The molecule has 0 spiro atoms. The molecule has 0 fully saturated rings. The molecule has 35 heavy (non-hydrogen) atoms. The minimum Gasteiger partial charge on any atom is -0.449 e. The molecule has 10 heteroatoms. The van der Waals surface area contributed by atoms with E-state index in [4.69, 9.17) is 15.2 Å². The van der Waals surface area contributed by atoms with E-state index in [2.05, 4.69) is 10.6 Å². The first-order chi connectivity index (χ1) is 16.1. The molecule has 0 unspecified atom stereocenters. The Morgan fingerprint density at radius 2 is 1.20 bits per heavy atom. The lowest BCUT2D eigenvalue weighted by molar-refractivity contribution is 0.0633. The van der Waals surface area contributed by atoms with Crippen LogP contribution < -0.4 is 16.4 Å². The van der Waals surface area contributed by atoms with Crippen LogP contribution in [0.15, 0.2) is 24.3 Å². The number of rotatable bonds is 9. The van der Waals surface area contributed by atoms with E-state index in [1.165, 1.54) is 4.90 Å². The van der Waals surface area contributed by atoms with Crippen molar-refractivity contribution in [3.63, 3.8) is 0 Å². The topological polar surface area (TPSA) is 140 Å². The molecule has 0 radical (unpaired) electrons. The number of amides is 4. The minimum atomic E-state index is -0.959. The zero-order chi connectivity index (χ0) is 26.4. The number of hydrogen-bond donors (Lipinski definition) is 3. The molecule has 1 aromatic rings. The van der Waals surface area contributed by atoms with Crippen molar-refractivity contribution in [2.24, 2.45) is 5.73 Å². The van der Waals surface area contributed by atoms with Crippen LogP contribution in [0.3, 0.4) is 0 Å². The predicted octanol–water partition coefficient (Wildman–Crippen LogP) is 3.20. The number of nitrogens with one attached hydrogen (secondary N) is 2. The molecular weight excluding hydrogens is 452 g/mol. The highest BCUT2D eigenvalue weighted by atomic mass is 16.6. The lowest BCUT2D eigenvalue weighted by Gasteiger charge is -2.31. The maximum atomic E-state index is 12.7. The van der Waals surface area contributed by atoms with Crippen LogP contribution in [0.25, 0.3) is 0 Å². The maximum absolute atomic E-state index is 12.7. The summed E-state index contributed by atoms with van der Waals surface area (Å²) in [5.74, 6) is -0.732. The van der Waals surface area contributed by atoms with Gasteiger partial charge in [0.1, 0.15) is 0 Å². The number of hydrogen-bond acceptors (Lipinski definition) is 7. The smallest absolute Gasteiger partial charge is 0.407 e. The number of nitrogens with zero attached hydrogens (tertiary/aromatic N) is 1. The Hall–Kier alpha value is -3.14. The zero-order valence-electron chi connectivity index (χ0n) is 21.5. The predicted molar refractivity (Wildman–Crippen MR) is 131 cm³/mol. The van der Waals surface area contributed by atoms with Gasteiger partial charge in [-0.3, -0.25) is 14.5 Å². The number of nitrogens with two attached hydrogens (primary N) is 1. The third kappa shape index (κ3) is 8.86. The van der Waals surface area contributed by atoms with Crippen molar-refractivity contribution in [3.05, 3.63) is 35.4 Å². The molecule has 0 saturated carbocycles. The number of benzene rings is 1. The Labute approximate surface area is 206 Å². The SMILES string of the molecule is CC(C)(C)NC(=O)OCCC(N)(CCOC(=O)NC(C)(C)C)CCN1C(=O)c2ccccc2C1=O. The Balaban J connectivity index is 2.01. The van der Waals surface area contributed by atoms with Crippen LogP contribution in [0, 0.1) is 0 Å². The number of carbonyl (C=O) groups is 4. The number of imide groups is 1. The van der Waals surface area contributed by atoms with E-state index in [-0.39, 0.29) is 50.8 Å². The fourth-order valence-corrected chi connectivity index (χ4v) is 3.53. The molecule has 1 aliphatic rings. The molecule has 0 aromatic heterocycles. The first kappa shape index (κ1) is 28.1. The quantitative estimate of drug-likeness (QED) is 0.452. The molecule has 4 N–H and O–H groups in total. The van der Waals surface area contributed by atoms with Gasteiger partial charge in [0.15, 0.2) is 0 Å². The molecule has 1 heterocycles. The molecule has 194 valence electrons. The van der Waals surface area contributed by atoms with E-state index in [0.717, 1.165) is 0 Å². The molecule has 0 aliphatic carbocycles. The van der Waals surface area contributed by atoms with Gasteiger partial charge in [0.25, 0.3) is 11.8 Å². The summed E-state index contributed by atoms with van der Waals surface area (Å²) in [4.78, 5) is 50.6. The van der Waals surface area contributed by atoms with Crippen LogP contribution in [0.1, 0.15) is 81.5 Å². The van der Waals surface area contributed by atoms with Crippen LogP contribution in [0.5, 0.6) is 0 Å². The monoisotopic (exact) mass is 490 g/mol. The summed E-state index contributed by atoms with van der Waals surface area (Å²) in [5.41, 5.74) is 5.50. The average molecular weight is 491 g/mol. The highest BCUT2D eigenvalue weighted by Gasteiger charge is 2.37. The van der Waals surface area contributed by atoms with Gasteiger partial charge in [-0.1, -0.05) is 12.1 Å². The van der Waals surface area contributed by atoms with E-state index in [1.54, 1.807) is 24.3 Å². The number of carbonyl (C=O) groups excluding carboxylic acids is 4. The van der Waals surface area contributed by atoms with Crippen LogP contribution >= 0.6 is 0 Å². The summed E-state index contributed by atoms with van der Waals surface area (Å²) in [6.07, 6.45) is -0.398. The summed E-state index contributed by atoms with van der Waals surface area (Å²) in [5, 5.41) is 5.41. The van der Waals surface area contributed by atoms with Gasteiger partial charge in [0.05, 0.1) is 24.3 Å². The lowest BCUT2D eigenvalue weighted by atomic mass is 9.89. The Kier molecular flexibility index (Phi) is 8.89. The van der Waals surface area contributed by atoms with Gasteiger partial charge in [-0.15, -0.1) is 0 Å². The summed E-state index contributed by atoms with van der Waals surface area (Å²) >= 11 is 0. The van der Waals surface area contributed by atoms with Crippen molar-refractivity contribution < 1.29 is 28.7 Å². The van der Waals surface area contributed by atoms with Crippen LogP contribution in [-0.2, 0) is 9.47 Å². The molecule has 0 atom stereocenters. The first-order valence-electron chi connectivity index (χ1n) is 11.7. The summed E-state index contributed by atoms with van der Waals surface area (Å²) in [6, 6.07) is 6.66. The first-order valence-corrected chi connectivity index (χ1v) is 11.7. The van der Waals surface area contributed by atoms with E-state index in [0.29, 0.717) is 11.1 Å². The van der Waals surface area contributed by atoms with Gasteiger partial charge in [-0.2, -0.15) is 0 Å². The fourth-order valence-electron chi connectivity index (χ4n) is 3.53. The van der Waals surface area contributed by atoms with Gasteiger partial charge in [-0.05, 0) is 72.9 Å². The van der Waals surface area contributed by atoms with Gasteiger partial charge < -0.3 is 25.8 Å². The second-order valence-electron chi connectivity index (χ2n) is 10.9. The molecule has 2 rings (SSSR count). The summed E-state index contributed by atoms with van der Waals surface area (Å²) in [6.45, 7) is 11.2. The van der Waals surface area contributed by atoms with Crippen LogP contribution in [0.4, 0.5) is 9.59 Å². The van der Waals surface area contributed by atoms with E-state index >= 15 is 0 Å². The van der Waals surface area contributed by atoms with Crippen molar-refractivity contribution in [2.45, 2.75) is 77.4 Å². The minimum absolute atomic E-state index is 0.0225. The maximum Gasteiger partial charge on any atom is 0.407 e. The van der Waals surface area contributed by atoms with Crippen LogP contribution in [0.2, 0.25) is 0 Å². The number of alkyl carbamates (subject to hydrolysis) is 2. The highest BCUT2D eigenvalue weighted by Crippen LogP contribution is 2.25. The number of fused-ring (bicyclic) bond motifs is 1. The van der Waals surface area contributed by atoms with E-state index in [9.17, 15) is 19.2 Å². The third-order valence-corrected chi connectivity index (χ3v) is 5.33. The second-order valence-corrected chi connectivity index (χ2v) is 10.9. The van der Waals surface area contributed by atoms with E-state index < -0.39 is 28.8 Å². The van der Waals surface area contributed by atoms with Crippen molar-refractivity contribution in [1.29, 1.82) is 0 Å². The van der Waals surface area contributed by atoms with Crippen molar-refractivity contribution in [1.82, 2.24) is 15.5 Å². The van der Waals surface area contributed by atoms with E-state index in [1.807, 2.05) is 41.5 Å². The van der Waals surface area contributed by atoms with Crippen molar-refractivity contribution >= 4 is 24.0 Å². The third-order valence-electron chi connectivity index (χ3n) is 5.33.